The summed E-state index contributed by atoms with van der Waals surface area (Å²) in [5.74, 6) is 3.48. The van der Waals surface area contributed by atoms with E-state index in [1.807, 2.05) is 74.5 Å². The number of ether oxygens (including phenoxy) is 1. The lowest BCUT2D eigenvalue weighted by atomic mass is 10.0. The SMILES string of the molecule is C1CC2CC12.CC.COc1cc(-n2nnc(-c3ccccn3)n2)ccc1-c1ccc(NC(C)=O)cc1. The van der Waals surface area contributed by atoms with E-state index in [1.54, 1.807) is 32.6 Å². The van der Waals surface area contributed by atoms with Crippen LogP contribution >= 0.6 is 0 Å². The number of carbonyl (C=O) groups excluding carboxylic acids is 1. The van der Waals surface area contributed by atoms with Gasteiger partial charge in [-0.05, 0) is 78.3 Å². The molecule has 4 aromatic rings. The molecule has 8 nitrogen and oxygen atoms in total. The lowest BCUT2D eigenvalue weighted by Crippen LogP contribution is -2.05. The van der Waals surface area contributed by atoms with Gasteiger partial charge < -0.3 is 10.1 Å². The quantitative estimate of drug-likeness (QED) is 0.385. The highest BCUT2D eigenvalue weighted by Gasteiger charge is 2.44. The van der Waals surface area contributed by atoms with Gasteiger partial charge in [-0.1, -0.05) is 32.0 Å². The van der Waals surface area contributed by atoms with Crippen LogP contribution in [0.1, 0.15) is 40.0 Å². The minimum absolute atomic E-state index is 0.106. The molecule has 2 unspecified atom stereocenters. The van der Waals surface area contributed by atoms with E-state index >= 15 is 0 Å². The number of rotatable bonds is 5. The third kappa shape index (κ3) is 5.94. The number of amides is 1. The summed E-state index contributed by atoms with van der Waals surface area (Å²) in [6.07, 6.45) is 6.39. The van der Waals surface area contributed by atoms with Crippen LogP contribution in [0, 0.1) is 11.8 Å². The minimum atomic E-state index is -0.106. The Balaban J connectivity index is 0.000000374. The molecule has 1 N–H and O–H groups in total. The van der Waals surface area contributed by atoms with Crippen LogP contribution in [0.4, 0.5) is 5.69 Å². The van der Waals surface area contributed by atoms with Crippen LogP contribution in [0.5, 0.6) is 5.75 Å². The predicted octanol–water partition coefficient (Wildman–Crippen LogP) is 5.80. The van der Waals surface area contributed by atoms with Crippen LogP contribution in [0.15, 0.2) is 66.9 Å². The van der Waals surface area contributed by atoms with Gasteiger partial charge in [-0.3, -0.25) is 9.78 Å². The smallest absolute Gasteiger partial charge is 0.223 e. The van der Waals surface area contributed by atoms with Crippen molar-refractivity contribution >= 4 is 11.6 Å². The number of carbonyl (C=O) groups is 1. The summed E-state index contributed by atoms with van der Waals surface area (Å²) in [4.78, 5) is 16.9. The number of pyridine rings is 1. The Kier molecular flexibility index (Phi) is 8.05. The molecule has 2 aliphatic carbocycles. The lowest BCUT2D eigenvalue weighted by Gasteiger charge is -2.11. The van der Waals surface area contributed by atoms with Crippen LogP contribution in [-0.2, 0) is 4.79 Å². The van der Waals surface area contributed by atoms with Crippen molar-refractivity contribution in [3.8, 4) is 34.1 Å². The standard InChI is InChI=1S/C21H18N6O2.C5H8.C2H6/c1-14(28)23-16-8-6-15(7-9-16)18-11-10-17(13-20(18)29-2)27-25-21(24-26-27)19-5-3-4-12-22-19;1-2-5-3-4(1)5;1-2/h3-13H,1-2H3,(H,23,28);4-5H,1-3H2;1-2H3. The van der Waals surface area contributed by atoms with Gasteiger partial charge in [0.15, 0.2) is 0 Å². The van der Waals surface area contributed by atoms with Crippen molar-refractivity contribution in [2.45, 2.75) is 40.0 Å². The first-order chi connectivity index (χ1) is 17.6. The van der Waals surface area contributed by atoms with Crippen molar-refractivity contribution in [1.82, 2.24) is 25.2 Å². The molecule has 0 aliphatic heterocycles. The van der Waals surface area contributed by atoms with E-state index in [0.717, 1.165) is 22.5 Å². The summed E-state index contributed by atoms with van der Waals surface area (Å²) in [5.41, 5.74) is 3.99. The first kappa shape index (κ1) is 25.0. The summed E-state index contributed by atoms with van der Waals surface area (Å²) >= 11 is 0. The van der Waals surface area contributed by atoms with E-state index in [0.29, 0.717) is 17.3 Å². The van der Waals surface area contributed by atoms with Crippen LogP contribution in [0.2, 0.25) is 0 Å². The molecule has 2 atom stereocenters. The third-order valence-corrected chi connectivity index (χ3v) is 6.22. The second-order valence-corrected chi connectivity index (χ2v) is 8.59. The van der Waals surface area contributed by atoms with E-state index in [9.17, 15) is 4.79 Å². The second-order valence-electron chi connectivity index (χ2n) is 8.59. The number of nitrogens with zero attached hydrogens (tertiary/aromatic N) is 5. The molecule has 186 valence electrons. The van der Waals surface area contributed by atoms with E-state index < -0.39 is 0 Å². The maximum atomic E-state index is 11.2. The van der Waals surface area contributed by atoms with Gasteiger partial charge in [0.2, 0.25) is 11.7 Å². The van der Waals surface area contributed by atoms with Gasteiger partial charge in [-0.2, -0.15) is 0 Å². The maximum absolute atomic E-state index is 11.2. The van der Waals surface area contributed by atoms with Crippen molar-refractivity contribution in [2.24, 2.45) is 11.8 Å². The molecule has 0 spiro atoms. The van der Waals surface area contributed by atoms with E-state index in [4.69, 9.17) is 4.74 Å². The normalized spacial score (nSPS) is 16.7. The van der Waals surface area contributed by atoms with Crippen molar-refractivity contribution in [2.75, 3.05) is 12.4 Å². The Morgan fingerprint density at radius 2 is 1.78 bits per heavy atom. The Morgan fingerprint density at radius 1 is 1.03 bits per heavy atom. The Hall–Kier alpha value is -4.07. The zero-order valence-corrected chi connectivity index (χ0v) is 21.2. The molecule has 6 rings (SSSR count). The molecular weight excluding hydrogens is 452 g/mol. The van der Waals surface area contributed by atoms with Gasteiger partial charge in [0.25, 0.3) is 0 Å². The largest absolute Gasteiger partial charge is 0.496 e. The molecule has 0 radical (unpaired) electrons. The first-order valence-electron chi connectivity index (χ1n) is 12.4. The summed E-state index contributed by atoms with van der Waals surface area (Å²) < 4.78 is 5.58. The number of benzene rings is 2. The highest BCUT2D eigenvalue weighted by molar-refractivity contribution is 5.89. The zero-order chi connectivity index (χ0) is 25.5. The molecule has 2 fully saturated rings. The zero-order valence-electron chi connectivity index (χ0n) is 21.2. The Labute approximate surface area is 211 Å². The fourth-order valence-electron chi connectivity index (χ4n) is 4.08. The molecule has 2 heterocycles. The molecule has 36 heavy (non-hydrogen) atoms. The molecule has 2 aromatic carbocycles. The van der Waals surface area contributed by atoms with Gasteiger partial charge in [0.05, 0.1) is 12.8 Å². The fraction of sp³-hybridized carbons (Fsp3) is 0.321. The number of aromatic nitrogens is 5. The molecular formula is C28H32N6O2. The summed E-state index contributed by atoms with van der Waals surface area (Å²) in [6.45, 7) is 5.48. The molecule has 0 bridgehead atoms. The molecule has 2 aliphatic rings. The molecule has 2 aromatic heterocycles. The average molecular weight is 485 g/mol. The summed E-state index contributed by atoms with van der Waals surface area (Å²) in [6, 6.07) is 18.8. The highest BCUT2D eigenvalue weighted by Crippen LogP contribution is 2.55. The predicted molar refractivity (Wildman–Crippen MR) is 141 cm³/mol. The van der Waals surface area contributed by atoms with Crippen LogP contribution in [-0.4, -0.2) is 38.2 Å². The van der Waals surface area contributed by atoms with Crippen LogP contribution in [0.3, 0.4) is 0 Å². The third-order valence-electron chi connectivity index (χ3n) is 6.22. The number of hydrogen-bond donors (Lipinski definition) is 1. The number of fused-ring (bicyclic) bond motifs is 1. The van der Waals surface area contributed by atoms with Gasteiger partial charge in [-0.25, -0.2) is 0 Å². The van der Waals surface area contributed by atoms with Crippen LogP contribution in [0.25, 0.3) is 28.3 Å². The van der Waals surface area contributed by atoms with E-state index in [1.165, 1.54) is 23.6 Å². The summed E-state index contributed by atoms with van der Waals surface area (Å²) in [7, 11) is 1.61. The minimum Gasteiger partial charge on any atom is -0.496 e. The molecule has 1 amide bonds. The van der Waals surface area contributed by atoms with Crippen molar-refractivity contribution < 1.29 is 9.53 Å². The monoisotopic (exact) mass is 484 g/mol. The van der Waals surface area contributed by atoms with E-state index in [2.05, 4.69) is 25.7 Å². The first-order valence-corrected chi connectivity index (χ1v) is 12.4. The molecule has 8 heteroatoms. The Morgan fingerprint density at radius 3 is 2.33 bits per heavy atom. The van der Waals surface area contributed by atoms with Crippen molar-refractivity contribution in [3.63, 3.8) is 0 Å². The fourth-order valence-corrected chi connectivity index (χ4v) is 4.08. The number of tetrazole rings is 1. The number of hydrogen-bond acceptors (Lipinski definition) is 6. The van der Waals surface area contributed by atoms with Gasteiger partial charge >= 0.3 is 0 Å². The lowest BCUT2D eigenvalue weighted by molar-refractivity contribution is -0.114. The van der Waals surface area contributed by atoms with Crippen molar-refractivity contribution in [1.29, 1.82) is 0 Å². The van der Waals surface area contributed by atoms with Crippen LogP contribution < -0.4 is 10.1 Å². The highest BCUT2D eigenvalue weighted by atomic mass is 16.5. The molecule has 2 saturated carbocycles. The number of nitrogens with one attached hydrogen (secondary N) is 1. The van der Waals surface area contributed by atoms with Crippen molar-refractivity contribution in [3.05, 3.63) is 66.9 Å². The topological polar surface area (TPSA) is 94.8 Å². The number of anilines is 1. The van der Waals surface area contributed by atoms with Gasteiger partial charge in [0.1, 0.15) is 11.4 Å². The van der Waals surface area contributed by atoms with Gasteiger partial charge in [-0.15, -0.1) is 15.0 Å². The van der Waals surface area contributed by atoms with Gasteiger partial charge in [0, 0.05) is 30.4 Å². The van der Waals surface area contributed by atoms with E-state index in [-0.39, 0.29) is 5.91 Å². The summed E-state index contributed by atoms with van der Waals surface area (Å²) in [5, 5.41) is 15.4. The second kappa shape index (κ2) is 11.6. The molecule has 0 saturated heterocycles. The Bertz CT molecular complexity index is 1280. The average Bonchev–Trinajstić information content (AvgIpc) is 3.27. The maximum Gasteiger partial charge on any atom is 0.223 e. The number of methoxy groups -OCH3 is 1.